The Labute approximate surface area is 137 Å². The third-order valence-corrected chi connectivity index (χ3v) is 6.32. The number of carbonyl (C=O) groups is 1. The van der Waals surface area contributed by atoms with E-state index in [9.17, 15) is 13.2 Å². The zero-order chi connectivity index (χ0) is 16.4. The van der Waals surface area contributed by atoms with E-state index in [4.69, 9.17) is 0 Å². The lowest BCUT2D eigenvalue weighted by molar-refractivity contribution is 0.238. The number of nitrogens with one attached hydrogen (secondary N) is 2. The average Bonchev–Trinajstić information content (AvgIpc) is 2.99. The van der Waals surface area contributed by atoms with Gasteiger partial charge < -0.3 is 15.5 Å². The van der Waals surface area contributed by atoms with Gasteiger partial charge in [-0.15, -0.1) is 0 Å². The summed E-state index contributed by atoms with van der Waals surface area (Å²) in [5.41, 5.74) is 2.59. The molecule has 1 saturated heterocycles. The molecule has 2 unspecified atom stereocenters. The first-order valence-corrected chi connectivity index (χ1v) is 9.86. The SMILES string of the molecule is CC1Cc2ccccc2N1CCNC(=O)NC1CCS(=O)(=O)C1. The second kappa shape index (κ2) is 6.39. The highest BCUT2D eigenvalue weighted by atomic mass is 32.2. The van der Waals surface area contributed by atoms with Crippen molar-refractivity contribution in [2.75, 3.05) is 29.5 Å². The number of urea groups is 1. The number of hydrogen-bond acceptors (Lipinski definition) is 4. The first kappa shape index (κ1) is 16.1. The van der Waals surface area contributed by atoms with Crippen molar-refractivity contribution in [3.05, 3.63) is 29.8 Å². The minimum absolute atomic E-state index is 0.0525. The third-order valence-electron chi connectivity index (χ3n) is 4.55. The van der Waals surface area contributed by atoms with Crippen LogP contribution in [0.1, 0.15) is 18.9 Å². The largest absolute Gasteiger partial charge is 0.367 e. The number of anilines is 1. The predicted molar refractivity (Wildman–Crippen MR) is 90.5 cm³/mol. The highest BCUT2D eigenvalue weighted by molar-refractivity contribution is 7.91. The molecule has 0 saturated carbocycles. The Balaban J connectivity index is 1.46. The molecule has 0 spiro atoms. The maximum atomic E-state index is 11.9. The van der Waals surface area contributed by atoms with E-state index in [1.807, 2.05) is 6.07 Å². The molecule has 3 rings (SSSR count). The van der Waals surface area contributed by atoms with Crippen molar-refractivity contribution in [2.45, 2.75) is 31.8 Å². The summed E-state index contributed by atoms with van der Waals surface area (Å²) in [7, 11) is -2.97. The molecule has 0 aliphatic carbocycles. The maximum absolute atomic E-state index is 11.9. The molecule has 126 valence electrons. The standard InChI is InChI=1S/C16H23N3O3S/c1-12-10-13-4-2-3-5-15(13)19(12)8-7-17-16(20)18-14-6-9-23(21,22)11-14/h2-5,12,14H,6-11H2,1H3,(H2,17,18,20). The fourth-order valence-corrected chi connectivity index (χ4v) is 5.08. The molecule has 2 atom stereocenters. The summed E-state index contributed by atoms with van der Waals surface area (Å²) in [6, 6.07) is 8.23. The van der Waals surface area contributed by atoms with Crippen LogP contribution in [0.3, 0.4) is 0 Å². The summed E-state index contributed by atoms with van der Waals surface area (Å²) in [5, 5.41) is 5.57. The van der Waals surface area contributed by atoms with Gasteiger partial charge in [-0.05, 0) is 31.4 Å². The summed E-state index contributed by atoms with van der Waals surface area (Å²) >= 11 is 0. The van der Waals surface area contributed by atoms with Crippen molar-refractivity contribution < 1.29 is 13.2 Å². The van der Waals surface area contributed by atoms with Gasteiger partial charge in [0.15, 0.2) is 9.84 Å². The molecule has 2 heterocycles. The number of nitrogens with zero attached hydrogens (tertiary/aromatic N) is 1. The van der Waals surface area contributed by atoms with Crippen LogP contribution in [0, 0.1) is 0 Å². The van der Waals surface area contributed by atoms with E-state index in [1.165, 1.54) is 11.3 Å². The number of sulfone groups is 1. The van der Waals surface area contributed by atoms with E-state index in [0.29, 0.717) is 19.0 Å². The van der Waals surface area contributed by atoms with Crippen LogP contribution in [-0.4, -0.2) is 51.1 Å². The molecule has 1 fully saturated rings. The molecule has 1 aromatic carbocycles. The summed E-state index contributed by atoms with van der Waals surface area (Å²) in [5.74, 6) is 0.219. The summed E-state index contributed by atoms with van der Waals surface area (Å²) < 4.78 is 22.8. The lowest BCUT2D eigenvalue weighted by Crippen LogP contribution is -2.45. The minimum atomic E-state index is -2.97. The van der Waals surface area contributed by atoms with Gasteiger partial charge in [0.25, 0.3) is 0 Å². The zero-order valence-corrected chi connectivity index (χ0v) is 14.1. The average molecular weight is 337 g/mol. The van der Waals surface area contributed by atoms with Crippen LogP contribution in [0.5, 0.6) is 0 Å². The number of carbonyl (C=O) groups excluding carboxylic acids is 1. The molecule has 2 aliphatic rings. The normalized spacial score (nSPS) is 25.2. The Bertz CT molecular complexity index is 690. The third kappa shape index (κ3) is 3.77. The molecular weight excluding hydrogens is 314 g/mol. The molecule has 0 bridgehead atoms. The molecule has 0 radical (unpaired) electrons. The fourth-order valence-electron chi connectivity index (χ4n) is 3.41. The topological polar surface area (TPSA) is 78.5 Å². The van der Waals surface area contributed by atoms with E-state index >= 15 is 0 Å². The maximum Gasteiger partial charge on any atom is 0.315 e. The van der Waals surface area contributed by atoms with Gasteiger partial charge in [0.05, 0.1) is 11.5 Å². The molecule has 2 amide bonds. The Morgan fingerprint density at radius 3 is 2.87 bits per heavy atom. The monoisotopic (exact) mass is 337 g/mol. The molecule has 0 aromatic heterocycles. The number of fused-ring (bicyclic) bond motifs is 1. The lowest BCUT2D eigenvalue weighted by Gasteiger charge is -2.25. The van der Waals surface area contributed by atoms with Crippen molar-refractivity contribution in [3.63, 3.8) is 0 Å². The number of hydrogen-bond donors (Lipinski definition) is 2. The van der Waals surface area contributed by atoms with Gasteiger partial charge in [-0.3, -0.25) is 0 Å². The fraction of sp³-hybridized carbons (Fsp3) is 0.562. The van der Waals surface area contributed by atoms with Crippen LogP contribution in [0.2, 0.25) is 0 Å². The number of benzene rings is 1. The smallest absolute Gasteiger partial charge is 0.315 e. The Morgan fingerprint density at radius 2 is 2.13 bits per heavy atom. The first-order valence-electron chi connectivity index (χ1n) is 8.04. The first-order chi connectivity index (χ1) is 10.9. The van der Waals surface area contributed by atoms with Crippen molar-refractivity contribution >= 4 is 21.6 Å². The number of para-hydroxylation sites is 1. The zero-order valence-electron chi connectivity index (χ0n) is 13.3. The molecule has 2 aliphatic heterocycles. The van der Waals surface area contributed by atoms with Gasteiger partial charge in [0.1, 0.15) is 0 Å². The Morgan fingerprint density at radius 1 is 1.35 bits per heavy atom. The minimum Gasteiger partial charge on any atom is -0.367 e. The highest BCUT2D eigenvalue weighted by Crippen LogP contribution is 2.31. The van der Waals surface area contributed by atoms with Crippen LogP contribution in [-0.2, 0) is 16.3 Å². The van der Waals surface area contributed by atoms with Gasteiger partial charge in [-0.2, -0.15) is 0 Å². The predicted octanol–water partition coefficient (Wildman–Crippen LogP) is 0.924. The Kier molecular flexibility index (Phi) is 4.48. The van der Waals surface area contributed by atoms with E-state index in [2.05, 4.69) is 40.7 Å². The van der Waals surface area contributed by atoms with Crippen molar-refractivity contribution in [1.29, 1.82) is 0 Å². The Hall–Kier alpha value is -1.76. The van der Waals surface area contributed by atoms with Crippen molar-refractivity contribution in [3.8, 4) is 0 Å². The molecule has 23 heavy (non-hydrogen) atoms. The molecule has 6 nitrogen and oxygen atoms in total. The summed E-state index contributed by atoms with van der Waals surface area (Å²) in [4.78, 5) is 14.2. The molecule has 2 N–H and O–H groups in total. The molecule has 1 aromatic rings. The van der Waals surface area contributed by atoms with Crippen molar-refractivity contribution in [2.24, 2.45) is 0 Å². The summed E-state index contributed by atoms with van der Waals surface area (Å²) in [6.07, 6.45) is 1.54. The van der Waals surface area contributed by atoms with Gasteiger partial charge in [-0.1, -0.05) is 18.2 Å². The van der Waals surface area contributed by atoms with Crippen LogP contribution in [0.15, 0.2) is 24.3 Å². The van der Waals surface area contributed by atoms with Crippen LogP contribution in [0.25, 0.3) is 0 Å². The van der Waals surface area contributed by atoms with Gasteiger partial charge in [0.2, 0.25) is 0 Å². The van der Waals surface area contributed by atoms with Crippen LogP contribution >= 0.6 is 0 Å². The number of rotatable bonds is 4. The van der Waals surface area contributed by atoms with E-state index in [-0.39, 0.29) is 23.6 Å². The lowest BCUT2D eigenvalue weighted by atomic mass is 10.1. The quantitative estimate of drug-likeness (QED) is 0.856. The second-order valence-electron chi connectivity index (χ2n) is 6.38. The van der Waals surface area contributed by atoms with Gasteiger partial charge >= 0.3 is 6.03 Å². The van der Waals surface area contributed by atoms with Gasteiger partial charge in [0, 0.05) is 30.9 Å². The molecule has 7 heteroatoms. The highest BCUT2D eigenvalue weighted by Gasteiger charge is 2.29. The van der Waals surface area contributed by atoms with Gasteiger partial charge in [-0.25, -0.2) is 13.2 Å². The van der Waals surface area contributed by atoms with E-state index in [1.54, 1.807) is 0 Å². The van der Waals surface area contributed by atoms with Crippen molar-refractivity contribution in [1.82, 2.24) is 10.6 Å². The molecular formula is C16H23N3O3S. The number of amides is 2. The second-order valence-corrected chi connectivity index (χ2v) is 8.60. The van der Waals surface area contributed by atoms with E-state index < -0.39 is 9.84 Å². The van der Waals surface area contributed by atoms with E-state index in [0.717, 1.165) is 13.0 Å². The van der Waals surface area contributed by atoms with Crippen LogP contribution in [0.4, 0.5) is 10.5 Å². The van der Waals surface area contributed by atoms with Crippen LogP contribution < -0.4 is 15.5 Å². The summed E-state index contributed by atoms with van der Waals surface area (Å²) in [6.45, 7) is 3.46.